The third kappa shape index (κ3) is 7.23. The van der Waals surface area contributed by atoms with Crippen molar-refractivity contribution in [3.8, 4) is 0 Å². The van der Waals surface area contributed by atoms with Crippen LogP contribution >= 0.6 is 0 Å². The van der Waals surface area contributed by atoms with Crippen LogP contribution in [0.25, 0.3) is 4.64 Å². The van der Waals surface area contributed by atoms with E-state index in [1.165, 1.54) is 0 Å². The normalized spacial score (nSPS) is 10.9. The van der Waals surface area contributed by atoms with E-state index in [1.54, 1.807) is 0 Å². The second-order valence-electron chi connectivity index (χ2n) is 1.49. The summed E-state index contributed by atoms with van der Waals surface area (Å²) >= 11 is 0. The summed E-state index contributed by atoms with van der Waals surface area (Å²) in [4.78, 5) is 0. The minimum absolute atomic E-state index is 0. The fraction of sp³-hybridized carbons (Fsp3) is 0.333. The third-order valence-corrected chi connectivity index (χ3v) is 4.22. The molecule has 0 spiro atoms. The Bertz CT molecular complexity index is 99.9. The fourth-order valence-corrected chi connectivity index (χ4v) is 1.87. The Morgan fingerprint density at radius 3 is 2.50 bits per heavy atom. The Balaban J connectivity index is 0. The molecule has 0 radical (unpaired) electrons. The van der Waals surface area contributed by atoms with Crippen LogP contribution in [0, 0.1) is 5.39 Å². The standard InChI is InChI=1S/C3H9N2Si2.K.H/c1-2-3-7(6)5-4;;/h2,7H,1,3H2,6H3;;/q+1;;. The zero-order valence-electron chi connectivity index (χ0n) is 4.46. The number of hydrogen-bond acceptors (Lipinski definition) is 1. The van der Waals surface area contributed by atoms with Crippen LogP contribution in [0.1, 0.15) is 0 Å². The zero-order valence-corrected chi connectivity index (χ0v) is 7.62. The molecule has 0 rings (SSSR count). The van der Waals surface area contributed by atoms with E-state index in [0.717, 1.165) is 15.8 Å². The van der Waals surface area contributed by atoms with Crippen molar-refractivity contribution >= 4 is 69.6 Å². The average molecular weight is 169 g/mol. The summed E-state index contributed by atoms with van der Waals surface area (Å²) in [7, 11) is 0.0705. The monoisotopic (exact) mass is 169 g/mol. The molecule has 0 aromatic rings. The van der Waals surface area contributed by atoms with Gasteiger partial charge < -0.3 is 0 Å². The molecule has 0 aliphatic carbocycles. The summed E-state index contributed by atoms with van der Waals surface area (Å²) in [6.07, 6.45) is 1.82. The van der Waals surface area contributed by atoms with Gasteiger partial charge >= 0.3 is 59.9 Å². The van der Waals surface area contributed by atoms with Crippen LogP contribution in [0.3, 0.4) is 0 Å². The summed E-state index contributed by atoms with van der Waals surface area (Å²) in [5, 5.41) is 8.14. The van der Waals surface area contributed by atoms with E-state index in [2.05, 4.69) is 11.2 Å². The molecule has 0 aromatic heterocycles. The summed E-state index contributed by atoms with van der Waals surface area (Å²) in [6, 6.07) is 0.947. The molecule has 40 valence electrons. The Morgan fingerprint density at radius 2 is 2.38 bits per heavy atom. The number of rotatable bonds is 2. The first-order valence-electron chi connectivity index (χ1n) is 2.26. The molecule has 1 unspecified atom stereocenters. The van der Waals surface area contributed by atoms with Crippen molar-refractivity contribution in [2.75, 3.05) is 0 Å². The molecule has 0 amide bonds. The van der Waals surface area contributed by atoms with Gasteiger partial charge in [-0.2, -0.15) is 0 Å². The van der Waals surface area contributed by atoms with Gasteiger partial charge in [0.25, 0.3) is 0 Å². The van der Waals surface area contributed by atoms with Crippen LogP contribution in [0.15, 0.2) is 12.7 Å². The van der Waals surface area contributed by atoms with E-state index in [-0.39, 0.29) is 51.4 Å². The number of diazo groups is 1. The van der Waals surface area contributed by atoms with Crippen molar-refractivity contribution in [2.45, 2.75) is 6.04 Å². The molecule has 0 bridgehead atoms. The second-order valence-corrected chi connectivity index (χ2v) is 7.89. The second kappa shape index (κ2) is 8.23. The van der Waals surface area contributed by atoms with Crippen molar-refractivity contribution in [3.63, 3.8) is 0 Å². The van der Waals surface area contributed by atoms with Crippen LogP contribution in [0.5, 0.6) is 0 Å². The molecule has 0 aliphatic rings. The van der Waals surface area contributed by atoms with E-state index >= 15 is 0 Å². The molecular formula is C3H10KN2Si2+. The van der Waals surface area contributed by atoms with E-state index in [9.17, 15) is 0 Å². The average Bonchev–Trinajstić information content (AvgIpc) is 1.68. The van der Waals surface area contributed by atoms with Gasteiger partial charge in [-0.15, -0.1) is 6.58 Å². The molecule has 0 N–H and O–H groups in total. The van der Waals surface area contributed by atoms with E-state index in [1.807, 2.05) is 6.08 Å². The summed E-state index contributed by atoms with van der Waals surface area (Å²) < 4.78 is 3.21. The van der Waals surface area contributed by atoms with Gasteiger partial charge in [0.2, 0.25) is 0 Å². The van der Waals surface area contributed by atoms with E-state index in [0.29, 0.717) is 0 Å². The van der Waals surface area contributed by atoms with Crippen LogP contribution in [-0.4, -0.2) is 69.6 Å². The van der Waals surface area contributed by atoms with Gasteiger partial charge in [-0.25, -0.2) is 0 Å². The first-order chi connectivity index (χ1) is 3.31. The van der Waals surface area contributed by atoms with Crippen molar-refractivity contribution < 1.29 is 0 Å². The molecule has 0 aliphatic heterocycles. The molecule has 5 heteroatoms. The topological polar surface area (TPSA) is 28.1 Å². The first-order valence-corrected chi connectivity index (χ1v) is 8.21. The molecule has 1 atom stereocenters. The van der Waals surface area contributed by atoms with Gasteiger partial charge in [-0.3, -0.25) is 0 Å². The van der Waals surface area contributed by atoms with Gasteiger partial charge in [-0.1, -0.05) is 6.08 Å². The minimum atomic E-state index is -0.980. The summed E-state index contributed by atoms with van der Waals surface area (Å²) in [5.74, 6) is 0. The zero-order chi connectivity index (χ0) is 5.70. The van der Waals surface area contributed by atoms with Gasteiger partial charge in [0.15, 0.2) is 5.39 Å². The number of allylic oxidation sites excluding steroid dienone is 1. The molecular weight excluding hydrogens is 159 g/mol. The summed E-state index contributed by atoms with van der Waals surface area (Å²) in [5.41, 5.74) is 0. The number of hydrogen-bond donors (Lipinski definition) is 0. The molecule has 8 heavy (non-hydrogen) atoms. The van der Waals surface area contributed by atoms with Gasteiger partial charge in [0, 0.05) is 6.04 Å². The molecule has 0 aromatic carbocycles. The van der Waals surface area contributed by atoms with Gasteiger partial charge in [0.1, 0.15) is 9.76 Å². The third-order valence-electron chi connectivity index (χ3n) is 0.705. The predicted octanol–water partition coefficient (Wildman–Crippen LogP) is -1.04. The van der Waals surface area contributed by atoms with Crippen LogP contribution in [0.4, 0.5) is 0 Å². The Hall–Kier alpha value is 1.23. The molecule has 0 fully saturated rings. The van der Waals surface area contributed by atoms with E-state index in [4.69, 9.17) is 5.39 Å². The quantitative estimate of drug-likeness (QED) is 0.295. The Morgan fingerprint density at radius 1 is 1.88 bits per heavy atom. The predicted molar refractivity (Wildman–Crippen MR) is 44.3 cm³/mol. The fourth-order valence-electron chi connectivity index (χ4n) is 0.288. The van der Waals surface area contributed by atoms with Crippen LogP contribution in [0.2, 0.25) is 6.04 Å². The van der Waals surface area contributed by atoms with Crippen molar-refractivity contribution in [1.82, 2.24) is 0 Å². The number of nitrogens with zero attached hydrogens (tertiary/aromatic N) is 2. The Kier molecular flexibility index (Phi) is 12.3. The molecule has 0 saturated heterocycles. The molecule has 2 nitrogen and oxygen atoms in total. The van der Waals surface area contributed by atoms with Gasteiger partial charge in [-0.05, 0) is 4.64 Å². The van der Waals surface area contributed by atoms with Crippen molar-refractivity contribution in [1.29, 1.82) is 5.39 Å². The maximum atomic E-state index is 8.14. The van der Waals surface area contributed by atoms with Crippen LogP contribution < -0.4 is 0 Å². The summed E-state index contributed by atoms with van der Waals surface area (Å²) in [6.45, 7) is 3.53. The first kappa shape index (κ1) is 12.0. The Labute approximate surface area is 96.7 Å². The van der Waals surface area contributed by atoms with Crippen LogP contribution in [-0.2, 0) is 0 Å². The van der Waals surface area contributed by atoms with E-state index < -0.39 is 8.48 Å². The molecule has 0 saturated carbocycles. The molecule has 0 heterocycles. The van der Waals surface area contributed by atoms with Gasteiger partial charge in [0.05, 0.1) is 0 Å². The SMILES string of the molecule is C=CC[SiH]([SiH3])[N+]#N.[KH]. The van der Waals surface area contributed by atoms with Crippen molar-refractivity contribution in [2.24, 2.45) is 0 Å². The maximum absolute atomic E-state index is 8.14. The van der Waals surface area contributed by atoms with Crippen molar-refractivity contribution in [3.05, 3.63) is 17.3 Å².